The molecule has 7 heteroatoms. The lowest BCUT2D eigenvalue weighted by atomic mass is 10.2. The number of benzene rings is 1. The minimum atomic E-state index is 0. The molecular formula is C19H28ClN5O. The first-order valence-electron chi connectivity index (χ1n) is 9.43. The van der Waals surface area contributed by atoms with Crippen molar-refractivity contribution in [2.45, 2.75) is 25.9 Å². The maximum Gasteiger partial charge on any atom is 0.227 e. The predicted octanol–water partition coefficient (Wildman–Crippen LogP) is 2.78. The van der Waals surface area contributed by atoms with Gasteiger partial charge in [0.05, 0.1) is 11.6 Å². The number of hydrogen-bond donors (Lipinski definition) is 1. The first kappa shape index (κ1) is 19.1. The van der Waals surface area contributed by atoms with Crippen LogP contribution in [0.25, 0.3) is 10.9 Å². The van der Waals surface area contributed by atoms with Crippen LogP contribution < -0.4 is 10.2 Å². The number of rotatable bonds is 5. The Labute approximate surface area is 161 Å². The highest BCUT2D eigenvalue weighted by molar-refractivity contribution is 5.90. The number of halogens is 1. The van der Waals surface area contributed by atoms with Crippen LogP contribution in [0.3, 0.4) is 0 Å². The average Bonchev–Trinajstić information content (AvgIpc) is 3.19. The molecule has 2 aromatic rings. The molecule has 1 unspecified atom stereocenters. The monoisotopic (exact) mass is 377 g/mol. The molecule has 0 bridgehead atoms. The van der Waals surface area contributed by atoms with Crippen LogP contribution in [0.5, 0.6) is 0 Å². The number of aromatic nitrogens is 2. The number of fused-ring (bicyclic) bond motifs is 1. The minimum Gasteiger partial charge on any atom is -0.376 e. The molecule has 0 saturated carbocycles. The third kappa shape index (κ3) is 4.19. The van der Waals surface area contributed by atoms with Crippen LogP contribution >= 0.6 is 12.4 Å². The van der Waals surface area contributed by atoms with Crippen LogP contribution in [0.15, 0.2) is 24.3 Å². The first-order valence-corrected chi connectivity index (χ1v) is 9.43. The summed E-state index contributed by atoms with van der Waals surface area (Å²) in [6, 6.07) is 8.24. The van der Waals surface area contributed by atoms with Crippen LogP contribution in [0.4, 0.5) is 11.8 Å². The van der Waals surface area contributed by atoms with Crippen LogP contribution in [0.2, 0.25) is 0 Å². The van der Waals surface area contributed by atoms with E-state index in [0.717, 1.165) is 81.4 Å². The maximum atomic E-state index is 5.74. The molecule has 0 radical (unpaired) electrons. The van der Waals surface area contributed by atoms with Gasteiger partial charge in [-0.05, 0) is 31.5 Å². The molecule has 1 aromatic carbocycles. The second kappa shape index (κ2) is 8.84. The van der Waals surface area contributed by atoms with Gasteiger partial charge in [0.1, 0.15) is 5.82 Å². The topological polar surface area (TPSA) is 53.5 Å². The Morgan fingerprint density at radius 3 is 2.69 bits per heavy atom. The fourth-order valence-corrected chi connectivity index (χ4v) is 3.62. The van der Waals surface area contributed by atoms with Gasteiger partial charge in [0.15, 0.2) is 0 Å². The fourth-order valence-electron chi connectivity index (χ4n) is 3.62. The molecular weight excluding hydrogens is 350 g/mol. The van der Waals surface area contributed by atoms with Gasteiger partial charge in [-0.3, -0.25) is 0 Å². The van der Waals surface area contributed by atoms with Crippen molar-refractivity contribution < 1.29 is 4.74 Å². The molecule has 0 amide bonds. The van der Waals surface area contributed by atoms with Gasteiger partial charge in [-0.15, -0.1) is 12.4 Å². The molecule has 2 fully saturated rings. The van der Waals surface area contributed by atoms with Crippen molar-refractivity contribution in [3.8, 4) is 0 Å². The molecule has 2 aliphatic rings. The summed E-state index contributed by atoms with van der Waals surface area (Å²) in [5.74, 6) is 1.76. The quantitative estimate of drug-likeness (QED) is 0.864. The first-order chi connectivity index (χ1) is 12.3. The van der Waals surface area contributed by atoms with Crippen LogP contribution in [0.1, 0.15) is 19.8 Å². The van der Waals surface area contributed by atoms with Gasteiger partial charge in [0.2, 0.25) is 5.95 Å². The number of para-hydroxylation sites is 1. The zero-order chi connectivity index (χ0) is 17.1. The van der Waals surface area contributed by atoms with E-state index in [-0.39, 0.29) is 12.4 Å². The molecule has 6 nitrogen and oxygen atoms in total. The number of nitrogens with zero attached hydrogens (tertiary/aromatic N) is 4. The summed E-state index contributed by atoms with van der Waals surface area (Å²) < 4.78 is 5.74. The highest BCUT2D eigenvalue weighted by atomic mass is 35.5. The number of hydrogen-bond acceptors (Lipinski definition) is 6. The molecule has 0 aliphatic carbocycles. The second-order valence-corrected chi connectivity index (χ2v) is 6.83. The molecule has 2 saturated heterocycles. The van der Waals surface area contributed by atoms with Gasteiger partial charge in [0.25, 0.3) is 0 Å². The molecule has 142 valence electrons. The van der Waals surface area contributed by atoms with Crippen LogP contribution in [-0.2, 0) is 4.74 Å². The molecule has 26 heavy (non-hydrogen) atoms. The summed E-state index contributed by atoms with van der Waals surface area (Å²) in [6.45, 7) is 9.13. The lowest BCUT2D eigenvalue weighted by molar-refractivity contribution is 0.120. The molecule has 1 N–H and O–H groups in total. The summed E-state index contributed by atoms with van der Waals surface area (Å²) in [7, 11) is 0. The number of piperazine rings is 1. The molecule has 1 atom stereocenters. The molecule has 4 rings (SSSR count). The summed E-state index contributed by atoms with van der Waals surface area (Å²) >= 11 is 0. The van der Waals surface area contributed by atoms with Crippen molar-refractivity contribution in [2.24, 2.45) is 0 Å². The SMILES string of the molecule is CCN1CCN(c2nc(NCC3CCCO3)c3ccccc3n2)CC1.Cl. The van der Waals surface area contributed by atoms with Crippen LogP contribution in [0, 0.1) is 0 Å². The van der Waals surface area contributed by atoms with Crippen molar-refractivity contribution in [1.82, 2.24) is 14.9 Å². The Balaban J connectivity index is 0.00000196. The Kier molecular flexibility index (Phi) is 6.51. The lowest BCUT2D eigenvalue weighted by Crippen LogP contribution is -2.46. The van der Waals surface area contributed by atoms with Gasteiger partial charge in [-0.1, -0.05) is 19.1 Å². The van der Waals surface area contributed by atoms with E-state index in [9.17, 15) is 0 Å². The maximum absolute atomic E-state index is 5.74. The van der Waals surface area contributed by atoms with Gasteiger partial charge < -0.3 is 19.9 Å². The standard InChI is InChI=1S/C19H27N5O.ClH/c1-2-23-9-11-24(12-10-23)19-21-17-8-4-3-7-16(17)18(22-19)20-14-15-6-5-13-25-15;/h3-4,7-8,15H,2,5-6,9-14H2,1H3,(H,20,21,22);1H. The Bertz CT molecular complexity index is 714. The van der Waals surface area contributed by atoms with Crippen LogP contribution in [-0.4, -0.2) is 66.8 Å². The lowest BCUT2D eigenvalue weighted by Gasteiger charge is -2.34. The number of likely N-dealkylation sites (N-methyl/N-ethyl adjacent to an activating group) is 1. The van der Waals surface area contributed by atoms with E-state index >= 15 is 0 Å². The number of nitrogens with one attached hydrogen (secondary N) is 1. The van der Waals surface area contributed by atoms with E-state index in [2.05, 4.69) is 34.2 Å². The van der Waals surface area contributed by atoms with E-state index in [1.54, 1.807) is 0 Å². The molecule has 3 heterocycles. The van der Waals surface area contributed by atoms with Gasteiger partial charge in [-0.25, -0.2) is 4.98 Å². The predicted molar refractivity (Wildman–Crippen MR) is 109 cm³/mol. The Morgan fingerprint density at radius 2 is 1.96 bits per heavy atom. The van der Waals surface area contributed by atoms with Crippen molar-refractivity contribution in [1.29, 1.82) is 0 Å². The molecule has 1 aromatic heterocycles. The average molecular weight is 378 g/mol. The van der Waals surface area contributed by atoms with Gasteiger partial charge in [-0.2, -0.15) is 4.98 Å². The Hall–Kier alpha value is -1.63. The van der Waals surface area contributed by atoms with E-state index in [1.807, 2.05) is 12.1 Å². The number of anilines is 2. The van der Waals surface area contributed by atoms with E-state index in [4.69, 9.17) is 14.7 Å². The van der Waals surface area contributed by atoms with E-state index in [1.165, 1.54) is 0 Å². The highest BCUT2D eigenvalue weighted by Gasteiger charge is 2.20. The van der Waals surface area contributed by atoms with Gasteiger partial charge in [0, 0.05) is 44.7 Å². The largest absolute Gasteiger partial charge is 0.376 e. The molecule has 2 aliphatic heterocycles. The van der Waals surface area contributed by atoms with Crippen molar-refractivity contribution in [2.75, 3.05) is 56.1 Å². The summed E-state index contributed by atoms with van der Waals surface area (Å²) in [5, 5.41) is 4.60. The van der Waals surface area contributed by atoms with Crippen molar-refractivity contribution in [3.05, 3.63) is 24.3 Å². The summed E-state index contributed by atoms with van der Waals surface area (Å²) in [6.07, 6.45) is 2.58. The molecule has 0 spiro atoms. The highest BCUT2D eigenvalue weighted by Crippen LogP contribution is 2.24. The third-order valence-electron chi connectivity index (χ3n) is 5.21. The van der Waals surface area contributed by atoms with Crippen molar-refractivity contribution >= 4 is 35.1 Å². The summed E-state index contributed by atoms with van der Waals surface area (Å²) in [4.78, 5) is 14.4. The second-order valence-electron chi connectivity index (χ2n) is 6.83. The van der Waals surface area contributed by atoms with Gasteiger partial charge >= 0.3 is 0 Å². The van der Waals surface area contributed by atoms with E-state index in [0.29, 0.717) is 6.10 Å². The third-order valence-corrected chi connectivity index (χ3v) is 5.21. The number of ether oxygens (including phenoxy) is 1. The zero-order valence-electron chi connectivity index (χ0n) is 15.4. The van der Waals surface area contributed by atoms with E-state index < -0.39 is 0 Å². The Morgan fingerprint density at radius 1 is 1.15 bits per heavy atom. The fraction of sp³-hybridized carbons (Fsp3) is 0.579. The minimum absolute atomic E-state index is 0. The zero-order valence-corrected chi connectivity index (χ0v) is 16.2. The van der Waals surface area contributed by atoms with Crippen molar-refractivity contribution in [3.63, 3.8) is 0 Å². The summed E-state index contributed by atoms with van der Waals surface area (Å²) in [5.41, 5.74) is 1.00. The smallest absolute Gasteiger partial charge is 0.227 e. The normalized spacial score (nSPS) is 21.0.